The van der Waals surface area contributed by atoms with Crippen LogP contribution in [0.5, 0.6) is 0 Å². The van der Waals surface area contributed by atoms with Gasteiger partial charge >= 0.3 is 11.7 Å². The Hall–Kier alpha value is -2.51. The summed E-state index contributed by atoms with van der Waals surface area (Å²) in [6.45, 7) is 7.18. The maximum Gasteiger partial charge on any atom is 0.354 e. The van der Waals surface area contributed by atoms with Crippen LogP contribution in [0.3, 0.4) is 0 Å². The lowest BCUT2D eigenvalue weighted by Crippen LogP contribution is -2.44. The van der Waals surface area contributed by atoms with Crippen LogP contribution in [-0.4, -0.2) is 26.4 Å². The second kappa shape index (κ2) is 7.58. The molecule has 1 aromatic heterocycles. The summed E-state index contributed by atoms with van der Waals surface area (Å²) in [6.07, 6.45) is 2.74. The zero-order valence-electron chi connectivity index (χ0n) is 14.7. The summed E-state index contributed by atoms with van der Waals surface area (Å²) in [5.41, 5.74) is -0.679. The van der Waals surface area contributed by atoms with Gasteiger partial charge in [-0.3, -0.25) is 4.90 Å². The minimum Gasteiger partial charge on any atom is -0.288 e. The average molecular weight is 352 g/mol. The highest BCUT2D eigenvalue weighted by molar-refractivity contribution is 5.94. The van der Waals surface area contributed by atoms with Gasteiger partial charge in [-0.2, -0.15) is 9.67 Å². The van der Waals surface area contributed by atoms with E-state index in [4.69, 9.17) is 0 Å². The molecule has 1 unspecified atom stereocenters. The van der Waals surface area contributed by atoms with Crippen LogP contribution >= 0.6 is 0 Å². The number of rotatable bonds is 5. The van der Waals surface area contributed by atoms with Crippen molar-refractivity contribution in [3.05, 3.63) is 46.6 Å². The summed E-state index contributed by atoms with van der Waals surface area (Å²) in [5.74, 6) is -1.61. The standard InChI is InChI=1S/C17H22F2N4O2/c1-5-6-12(4)23-17(25)21(10-20-23)16(24)22(11(2)3)15-8-7-13(18)9-14(15)19/h7-12H,5-6H2,1-4H3. The van der Waals surface area contributed by atoms with E-state index in [1.54, 1.807) is 13.8 Å². The molecule has 25 heavy (non-hydrogen) atoms. The lowest BCUT2D eigenvalue weighted by molar-refractivity contribution is 0.245. The van der Waals surface area contributed by atoms with Gasteiger partial charge < -0.3 is 0 Å². The van der Waals surface area contributed by atoms with Gasteiger partial charge in [0.05, 0.1) is 11.7 Å². The third-order valence-corrected chi connectivity index (χ3v) is 3.92. The Morgan fingerprint density at radius 2 is 1.96 bits per heavy atom. The normalized spacial score (nSPS) is 12.4. The third-order valence-electron chi connectivity index (χ3n) is 3.92. The van der Waals surface area contributed by atoms with E-state index in [0.29, 0.717) is 6.07 Å². The lowest BCUT2D eigenvalue weighted by atomic mass is 10.2. The number of carbonyl (C=O) groups excluding carboxylic acids is 1. The number of halogens is 2. The third kappa shape index (κ3) is 3.78. The van der Waals surface area contributed by atoms with Gasteiger partial charge in [0.15, 0.2) is 0 Å². The van der Waals surface area contributed by atoms with Gasteiger partial charge in [-0.15, -0.1) is 0 Å². The highest BCUT2D eigenvalue weighted by Crippen LogP contribution is 2.23. The van der Waals surface area contributed by atoms with Crippen molar-refractivity contribution in [1.29, 1.82) is 0 Å². The van der Waals surface area contributed by atoms with Crippen molar-refractivity contribution >= 4 is 11.7 Å². The van der Waals surface area contributed by atoms with Crippen molar-refractivity contribution in [2.45, 2.75) is 52.6 Å². The van der Waals surface area contributed by atoms with E-state index >= 15 is 0 Å². The number of nitrogens with zero attached hydrogens (tertiary/aromatic N) is 4. The van der Waals surface area contributed by atoms with Crippen LogP contribution in [0.15, 0.2) is 29.3 Å². The summed E-state index contributed by atoms with van der Waals surface area (Å²) in [7, 11) is 0. The van der Waals surface area contributed by atoms with Crippen LogP contribution in [0.2, 0.25) is 0 Å². The van der Waals surface area contributed by atoms with Crippen LogP contribution in [-0.2, 0) is 0 Å². The predicted molar refractivity (Wildman–Crippen MR) is 90.9 cm³/mol. The Balaban J connectivity index is 2.44. The fourth-order valence-corrected chi connectivity index (χ4v) is 2.68. The van der Waals surface area contributed by atoms with E-state index in [0.717, 1.165) is 34.7 Å². The van der Waals surface area contributed by atoms with Gasteiger partial charge in [0.1, 0.15) is 18.0 Å². The van der Waals surface area contributed by atoms with Gasteiger partial charge in [-0.1, -0.05) is 13.3 Å². The highest BCUT2D eigenvalue weighted by atomic mass is 19.1. The van der Waals surface area contributed by atoms with Crippen LogP contribution in [0.4, 0.5) is 19.3 Å². The van der Waals surface area contributed by atoms with Crippen molar-refractivity contribution in [1.82, 2.24) is 14.3 Å². The van der Waals surface area contributed by atoms with Gasteiger partial charge in [0.2, 0.25) is 0 Å². The summed E-state index contributed by atoms with van der Waals surface area (Å²) < 4.78 is 29.4. The van der Waals surface area contributed by atoms with Gasteiger partial charge in [0, 0.05) is 12.1 Å². The zero-order valence-corrected chi connectivity index (χ0v) is 14.7. The van der Waals surface area contributed by atoms with Crippen LogP contribution < -0.4 is 10.6 Å². The Morgan fingerprint density at radius 3 is 2.52 bits per heavy atom. The van der Waals surface area contributed by atoms with E-state index in [1.807, 2.05) is 13.8 Å². The molecule has 6 nitrogen and oxygen atoms in total. The molecule has 136 valence electrons. The molecule has 1 atom stereocenters. The van der Waals surface area contributed by atoms with Gasteiger partial charge in [-0.25, -0.2) is 23.1 Å². The Labute approximate surface area is 144 Å². The molecule has 0 aliphatic heterocycles. The SMILES string of the molecule is CCCC(C)n1ncn(C(=O)N(c2ccc(F)cc2F)C(C)C)c1=O. The highest BCUT2D eigenvalue weighted by Gasteiger charge is 2.26. The second-order valence-electron chi connectivity index (χ2n) is 6.21. The first-order chi connectivity index (χ1) is 11.8. The maximum atomic E-state index is 14.1. The zero-order chi connectivity index (χ0) is 18.7. The molecule has 0 aliphatic carbocycles. The quantitative estimate of drug-likeness (QED) is 0.826. The van der Waals surface area contributed by atoms with Crippen molar-refractivity contribution in [2.75, 3.05) is 4.90 Å². The summed E-state index contributed by atoms with van der Waals surface area (Å²) in [5, 5.41) is 3.99. The van der Waals surface area contributed by atoms with Crippen molar-refractivity contribution in [2.24, 2.45) is 0 Å². The maximum absolute atomic E-state index is 14.1. The van der Waals surface area contributed by atoms with Crippen LogP contribution in [0.25, 0.3) is 0 Å². The number of amides is 1. The lowest BCUT2D eigenvalue weighted by Gasteiger charge is -2.26. The smallest absolute Gasteiger partial charge is 0.288 e. The fourth-order valence-electron chi connectivity index (χ4n) is 2.68. The molecule has 0 bridgehead atoms. The minimum atomic E-state index is -0.873. The molecule has 1 aromatic carbocycles. The number of aromatic nitrogens is 3. The molecular weight excluding hydrogens is 330 g/mol. The molecule has 0 saturated heterocycles. The Morgan fingerprint density at radius 1 is 1.28 bits per heavy atom. The van der Waals surface area contributed by atoms with E-state index in [9.17, 15) is 18.4 Å². The molecular formula is C17H22F2N4O2. The second-order valence-corrected chi connectivity index (χ2v) is 6.21. The molecule has 1 amide bonds. The van der Waals surface area contributed by atoms with Crippen molar-refractivity contribution in [3.8, 4) is 0 Å². The van der Waals surface area contributed by atoms with Gasteiger partial charge in [-0.05, 0) is 39.3 Å². The van der Waals surface area contributed by atoms with Crippen molar-refractivity contribution in [3.63, 3.8) is 0 Å². The van der Waals surface area contributed by atoms with E-state index in [-0.39, 0.29) is 11.7 Å². The first-order valence-electron chi connectivity index (χ1n) is 8.22. The fraction of sp³-hybridized carbons (Fsp3) is 0.471. The van der Waals surface area contributed by atoms with E-state index < -0.39 is 29.4 Å². The summed E-state index contributed by atoms with van der Waals surface area (Å²) in [4.78, 5) is 26.4. The molecule has 0 aliphatic rings. The first-order valence-corrected chi connectivity index (χ1v) is 8.22. The van der Waals surface area contributed by atoms with Gasteiger partial charge in [0.25, 0.3) is 0 Å². The number of hydrogen-bond acceptors (Lipinski definition) is 3. The monoisotopic (exact) mass is 352 g/mol. The van der Waals surface area contributed by atoms with Crippen molar-refractivity contribution < 1.29 is 13.6 Å². The average Bonchev–Trinajstić information content (AvgIpc) is 2.91. The molecule has 0 saturated carbocycles. The van der Waals surface area contributed by atoms with E-state index in [1.165, 1.54) is 10.7 Å². The molecule has 1 heterocycles. The summed E-state index contributed by atoms with van der Waals surface area (Å²) >= 11 is 0. The summed E-state index contributed by atoms with van der Waals surface area (Å²) in [6, 6.07) is 1.61. The molecule has 8 heteroatoms. The molecule has 0 N–H and O–H groups in total. The number of carbonyl (C=O) groups is 1. The van der Waals surface area contributed by atoms with E-state index in [2.05, 4.69) is 5.10 Å². The Kier molecular flexibility index (Phi) is 5.71. The topological polar surface area (TPSA) is 60.1 Å². The first kappa shape index (κ1) is 18.8. The molecule has 0 fully saturated rings. The minimum absolute atomic E-state index is 0.0948. The van der Waals surface area contributed by atoms with Crippen LogP contribution in [0, 0.1) is 11.6 Å². The number of hydrogen-bond donors (Lipinski definition) is 0. The number of benzene rings is 1. The number of anilines is 1. The molecule has 2 aromatic rings. The largest absolute Gasteiger partial charge is 0.354 e. The Bertz CT molecular complexity index is 813. The predicted octanol–water partition coefficient (Wildman–Crippen LogP) is 3.57. The van der Waals surface area contributed by atoms with Crippen LogP contribution in [0.1, 0.15) is 46.6 Å². The molecule has 2 rings (SSSR count). The molecule has 0 radical (unpaired) electrons. The molecule has 0 spiro atoms.